The van der Waals surface area contributed by atoms with Gasteiger partial charge in [-0.2, -0.15) is 0 Å². The molecule has 2 aliphatic rings. The lowest BCUT2D eigenvalue weighted by Gasteiger charge is -2.51. The van der Waals surface area contributed by atoms with Gasteiger partial charge in [-0.1, -0.05) is 27.2 Å². The van der Waals surface area contributed by atoms with Gasteiger partial charge in [0.1, 0.15) is 0 Å². The molecule has 0 unspecified atom stereocenters. The lowest BCUT2D eigenvalue weighted by atomic mass is 9.63. The van der Waals surface area contributed by atoms with E-state index in [9.17, 15) is 0 Å². The number of hydrogen-bond donors (Lipinski definition) is 0. The van der Waals surface area contributed by atoms with Gasteiger partial charge in [-0.3, -0.25) is 4.90 Å². The van der Waals surface area contributed by atoms with E-state index in [1.807, 2.05) is 0 Å². The first-order valence-corrected chi connectivity index (χ1v) is 7.20. The van der Waals surface area contributed by atoms with Crippen molar-refractivity contribution in [3.63, 3.8) is 0 Å². The minimum absolute atomic E-state index is 0.499. The number of likely N-dealkylation sites (tertiary alicyclic amines) is 1. The molecule has 1 saturated heterocycles. The summed E-state index contributed by atoms with van der Waals surface area (Å²) in [4.78, 5) is 2.79. The summed E-state index contributed by atoms with van der Waals surface area (Å²) in [7, 11) is 0. The summed E-state index contributed by atoms with van der Waals surface area (Å²) in [6.07, 6.45) is 8.49. The van der Waals surface area contributed by atoms with E-state index in [1.165, 1.54) is 51.6 Å². The van der Waals surface area contributed by atoms with Crippen LogP contribution >= 0.6 is 0 Å². The fourth-order valence-corrected chi connectivity index (χ4v) is 4.44. The van der Waals surface area contributed by atoms with E-state index in [1.54, 1.807) is 0 Å². The van der Waals surface area contributed by atoms with Crippen LogP contribution in [0, 0.1) is 11.3 Å². The predicted octanol–water partition coefficient (Wildman–Crippen LogP) is 4.08. The van der Waals surface area contributed by atoms with Crippen molar-refractivity contribution in [3.05, 3.63) is 0 Å². The van der Waals surface area contributed by atoms with Crippen LogP contribution < -0.4 is 0 Å². The van der Waals surface area contributed by atoms with Gasteiger partial charge in [0, 0.05) is 5.54 Å². The summed E-state index contributed by atoms with van der Waals surface area (Å²) in [6.45, 7) is 12.6. The van der Waals surface area contributed by atoms with Gasteiger partial charge in [0.15, 0.2) is 0 Å². The summed E-state index contributed by atoms with van der Waals surface area (Å²) in [5, 5.41) is 0. The SMILES string of the molecule is CC[C@H]1CC(C)(C)C[C@](C)(N2CCCC2)C1. The molecular weight excluding hydrogens is 194 g/mol. The minimum Gasteiger partial charge on any atom is -0.298 e. The van der Waals surface area contributed by atoms with E-state index in [4.69, 9.17) is 0 Å². The third-order valence-electron chi connectivity index (χ3n) is 4.88. The Hall–Kier alpha value is -0.0400. The van der Waals surface area contributed by atoms with Gasteiger partial charge in [-0.05, 0) is 63.5 Å². The van der Waals surface area contributed by atoms with Gasteiger partial charge < -0.3 is 0 Å². The van der Waals surface area contributed by atoms with Gasteiger partial charge in [0.25, 0.3) is 0 Å². The molecule has 1 aliphatic carbocycles. The van der Waals surface area contributed by atoms with E-state index < -0.39 is 0 Å². The first-order valence-electron chi connectivity index (χ1n) is 7.20. The second-order valence-electron chi connectivity index (χ2n) is 7.21. The smallest absolute Gasteiger partial charge is 0.0189 e. The molecule has 2 atom stereocenters. The second-order valence-corrected chi connectivity index (χ2v) is 7.21. The molecule has 1 heteroatoms. The molecule has 0 bridgehead atoms. The van der Waals surface area contributed by atoms with E-state index in [-0.39, 0.29) is 0 Å². The fraction of sp³-hybridized carbons (Fsp3) is 1.00. The maximum atomic E-state index is 2.79. The molecule has 0 aromatic carbocycles. The summed E-state index contributed by atoms with van der Waals surface area (Å²) in [5.74, 6) is 0.953. The van der Waals surface area contributed by atoms with Crippen LogP contribution in [-0.2, 0) is 0 Å². The van der Waals surface area contributed by atoms with Crippen molar-refractivity contribution in [1.82, 2.24) is 4.90 Å². The molecule has 0 spiro atoms. The fourth-order valence-electron chi connectivity index (χ4n) is 4.44. The van der Waals surface area contributed by atoms with Crippen LogP contribution in [0.25, 0.3) is 0 Å². The van der Waals surface area contributed by atoms with Crippen LogP contribution in [0.4, 0.5) is 0 Å². The maximum absolute atomic E-state index is 2.79. The van der Waals surface area contributed by atoms with E-state index in [0.717, 1.165) is 5.92 Å². The van der Waals surface area contributed by atoms with Gasteiger partial charge in [0.2, 0.25) is 0 Å². The van der Waals surface area contributed by atoms with Crippen LogP contribution in [-0.4, -0.2) is 23.5 Å². The van der Waals surface area contributed by atoms with E-state index >= 15 is 0 Å². The Labute approximate surface area is 102 Å². The van der Waals surface area contributed by atoms with Crippen LogP contribution in [0.15, 0.2) is 0 Å². The zero-order chi connectivity index (χ0) is 11.8. The van der Waals surface area contributed by atoms with Gasteiger partial charge in [-0.15, -0.1) is 0 Å². The highest BCUT2D eigenvalue weighted by Crippen LogP contribution is 2.48. The van der Waals surface area contributed by atoms with Crippen molar-refractivity contribution in [1.29, 1.82) is 0 Å². The Morgan fingerprint density at radius 1 is 1.06 bits per heavy atom. The summed E-state index contributed by atoms with van der Waals surface area (Å²) in [6, 6.07) is 0. The Morgan fingerprint density at radius 3 is 2.25 bits per heavy atom. The van der Waals surface area contributed by atoms with Gasteiger partial charge >= 0.3 is 0 Å². The molecule has 0 aromatic heterocycles. The largest absolute Gasteiger partial charge is 0.298 e. The molecule has 1 heterocycles. The Balaban J connectivity index is 2.12. The molecule has 0 radical (unpaired) electrons. The first-order chi connectivity index (χ1) is 7.45. The van der Waals surface area contributed by atoms with Crippen molar-refractivity contribution >= 4 is 0 Å². The monoisotopic (exact) mass is 223 g/mol. The van der Waals surface area contributed by atoms with Crippen LogP contribution in [0.2, 0.25) is 0 Å². The average Bonchev–Trinajstić information content (AvgIpc) is 2.67. The van der Waals surface area contributed by atoms with Crippen LogP contribution in [0.5, 0.6) is 0 Å². The highest BCUT2D eigenvalue weighted by Gasteiger charge is 2.44. The second kappa shape index (κ2) is 4.33. The Bertz CT molecular complexity index is 240. The molecule has 1 aliphatic heterocycles. The zero-order valence-corrected chi connectivity index (χ0v) is 11.7. The van der Waals surface area contributed by atoms with Crippen molar-refractivity contribution in [2.45, 2.75) is 71.8 Å². The molecule has 1 nitrogen and oxygen atoms in total. The molecule has 2 fully saturated rings. The highest BCUT2D eigenvalue weighted by molar-refractivity contribution is 4.99. The quantitative estimate of drug-likeness (QED) is 0.682. The molecular formula is C15H29N. The molecule has 0 N–H and O–H groups in total. The van der Waals surface area contributed by atoms with Crippen LogP contribution in [0.1, 0.15) is 66.2 Å². The summed E-state index contributed by atoms with van der Waals surface area (Å²) < 4.78 is 0. The van der Waals surface area contributed by atoms with Crippen molar-refractivity contribution in [2.75, 3.05) is 13.1 Å². The van der Waals surface area contributed by atoms with Gasteiger partial charge in [-0.25, -0.2) is 0 Å². The maximum Gasteiger partial charge on any atom is 0.0189 e. The first kappa shape index (κ1) is 12.4. The van der Waals surface area contributed by atoms with E-state index in [2.05, 4.69) is 32.6 Å². The summed E-state index contributed by atoms with van der Waals surface area (Å²) in [5.41, 5.74) is 1.05. The number of nitrogens with zero attached hydrogens (tertiary/aromatic N) is 1. The molecule has 1 saturated carbocycles. The van der Waals surface area contributed by atoms with Crippen molar-refractivity contribution < 1.29 is 0 Å². The van der Waals surface area contributed by atoms with Gasteiger partial charge in [0.05, 0.1) is 0 Å². The van der Waals surface area contributed by atoms with Crippen molar-refractivity contribution in [2.24, 2.45) is 11.3 Å². The lowest BCUT2D eigenvalue weighted by molar-refractivity contribution is 0.00335. The molecule has 2 rings (SSSR count). The predicted molar refractivity (Wildman–Crippen MR) is 70.6 cm³/mol. The average molecular weight is 223 g/mol. The van der Waals surface area contributed by atoms with Crippen molar-refractivity contribution in [3.8, 4) is 0 Å². The third kappa shape index (κ3) is 2.45. The number of hydrogen-bond acceptors (Lipinski definition) is 1. The minimum atomic E-state index is 0.499. The normalized spacial score (nSPS) is 40.1. The Kier molecular flexibility index (Phi) is 3.36. The van der Waals surface area contributed by atoms with Crippen LogP contribution in [0.3, 0.4) is 0 Å². The molecule has 0 aromatic rings. The Morgan fingerprint density at radius 2 is 1.69 bits per heavy atom. The topological polar surface area (TPSA) is 3.24 Å². The highest BCUT2D eigenvalue weighted by atomic mass is 15.2. The molecule has 16 heavy (non-hydrogen) atoms. The van der Waals surface area contributed by atoms with E-state index in [0.29, 0.717) is 11.0 Å². The zero-order valence-electron chi connectivity index (χ0n) is 11.7. The summed E-state index contributed by atoms with van der Waals surface area (Å²) >= 11 is 0. The third-order valence-corrected chi connectivity index (χ3v) is 4.88. The standard InChI is InChI=1S/C15H29N/c1-5-13-10-14(2,3)12-15(4,11-13)16-8-6-7-9-16/h13H,5-12H2,1-4H3/t13-,15+/m0/s1. The molecule has 94 valence electrons. The lowest BCUT2D eigenvalue weighted by Crippen LogP contribution is -2.52. The number of rotatable bonds is 2. The molecule has 0 amide bonds.